The number of aromatic nitrogens is 1. The van der Waals surface area contributed by atoms with E-state index in [9.17, 15) is 13.2 Å². The first-order chi connectivity index (χ1) is 12.4. The minimum absolute atomic E-state index is 0.186. The van der Waals surface area contributed by atoms with Crippen LogP contribution in [-0.4, -0.2) is 32.2 Å². The lowest BCUT2D eigenvalue weighted by Crippen LogP contribution is -2.21. The second-order valence-electron chi connectivity index (χ2n) is 5.87. The Hall–Kier alpha value is -2.71. The summed E-state index contributed by atoms with van der Waals surface area (Å²) in [5.41, 5.74) is 1.99. The summed E-state index contributed by atoms with van der Waals surface area (Å²) in [6.45, 7) is 0.186. The van der Waals surface area contributed by atoms with E-state index in [1.807, 2.05) is 24.3 Å². The van der Waals surface area contributed by atoms with E-state index >= 15 is 0 Å². The Morgan fingerprint density at radius 2 is 2.04 bits per heavy atom. The van der Waals surface area contributed by atoms with Crippen LogP contribution in [0, 0.1) is 0 Å². The van der Waals surface area contributed by atoms with E-state index in [-0.39, 0.29) is 17.4 Å². The Labute approximate surface area is 154 Å². The Kier molecular flexibility index (Phi) is 4.01. The quantitative estimate of drug-likeness (QED) is 0.748. The van der Waals surface area contributed by atoms with Gasteiger partial charge in [0.1, 0.15) is 12.4 Å². The maximum Gasteiger partial charge on any atom is 0.256 e. The molecular weight excluding hydrogens is 372 g/mol. The first kappa shape index (κ1) is 16.7. The summed E-state index contributed by atoms with van der Waals surface area (Å²) < 4.78 is 29.6. The summed E-state index contributed by atoms with van der Waals surface area (Å²) >= 11 is 1.23. The van der Waals surface area contributed by atoms with Crippen LogP contribution in [0.2, 0.25) is 0 Å². The van der Waals surface area contributed by atoms with Crippen LogP contribution in [0.15, 0.2) is 52.9 Å². The number of amides is 1. The zero-order valence-electron chi connectivity index (χ0n) is 13.7. The van der Waals surface area contributed by atoms with Gasteiger partial charge in [-0.2, -0.15) is 0 Å². The number of nitrogens with one attached hydrogen (secondary N) is 1. The number of ether oxygens (including phenoxy) is 1. The number of rotatable bonds is 3. The van der Waals surface area contributed by atoms with Crippen molar-refractivity contribution in [2.24, 2.45) is 0 Å². The molecule has 0 saturated carbocycles. The molecule has 0 saturated heterocycles. The lowest BCUT2D eigenvalue weighted by Gasteiger charge is -2.16. The van der Waals surface area contributed by atoms with Gasteiger partial charge >= 0.3 is 0 Å². The van der Waals surface area contributed by atoms with Crippen LogP contribution in [0.3, 0.4) is 0 Å². The van der Waals surface area contributed by atoms with Crippen LogP contribution in [0.4, 0.5) is 5.13 Å². The van der Waals surface area contributed by atoms with Gasteiger partial charge in [-0.05, 0) is 30.3 Å². The fourth-order valence-electron chi connectivity index (χ4n) is 2.61. The summed E-state index contributed by atoms with van der Waals surface area (Å²) in [7, 11) is -3.29. The molecule has 0 aliphatic carbocycles. The topological polar surface area (TPSA) is 85.4 Å². The molecule has 132 valence electrons. The largest absolute Gasteiger partial charge is 0.488 e. The molecule has 8 heteroatoms. The van der Waals surface area contributed by atoms with Crippen molar-refractivity contribution < 1.29 is 17.9 Å². The molecule has 0 radical (unpaired) electrons. The second kappa shape index (κ2) is 6.22. The average molecular weight is 386 g/mol. The lowest BCUT2D eigenvalue weighted by atomic mass is 10.1. The van der Waals surface area contributed by atoms with E-state index in [0.29, 0.717) is 20.9 Å². The van der Waals surface area contributed by atoms with Gasteiger partial charge in [-0.1, -0.05) is 29.5 Å². The van der Waals surface area contributed by atoms with Crippen molar-refractivity contribution in [1.29, 1.82) is 0 Å². The van der Waals surface area contributed by atoms with E-state index in [4.69, 9.17) is 4.74 Å². The van der Waals surface area contributed by atoms with E-state index in [2.05, 4.69) is 10.3 Å². The lowest BCUT2D eigenvalue weighted by molar-refractivity contribution is -0.113. The first-order valence-corrected chi connectivity index (χ1v) is 10.5. The number of carbonyl (C=O) groups is 1. The van der Waals surface area contributed by atoms with Gasteiger partial charge in [0.25, 0.3) is 5.91 Å². The first-order valence-electron chi connectivity index (χ1n) is 7.74. The molecule has 26 heavy (non-hydrogen) atoms. The molecule has 0 fully saturated rings. The third-order valence-corrected chi connectivity index (χ3v) is 5.98. The zero-order valence-corrected chi connectivity index (χ0v) is 15.4. The predicted octanol–water partition coefficient (Wildman–Crippen LogP) is 3.11. The van der Waals surface area contributed by atoms with Gasteiger partial charge in [0, 0.05) is 11.8 Å². The summed E-state index contributed by atoms with van der Waals surface area (Å²) in [5.74, 6) is 0.458. The fraction of sp³-hybridized carbons (Fsp3) is 0.111. The smallest absolute Gasteiger partial charge is 0.256 e. The van der Waals surface area contributed by atoms with Crippen LogP contribution in [-0.2, 0) is 14.6 Å². The normalized spacial score (nSPS) is 13.7. The maximum absolute atomic E-state index is 12.5. The molecular formula is C18H14N2O4S2. The molecule has 1 N–H and O–H groups in total. The number of sulfone groups is 1. The number of para-hydroxylation sites is 1. The van der Waals surface area contributed by atoms with Gasteiger partial charge in [-0.3, -0.25) is 10.1 Å². The van der Waals surface area contributed by atoms with Gasteiger partial charge in [0.05, 0.1) is 20.7 Å². The summed E-state index contributed by atoms with van der Waals surface area (Å²) in [6.07, 6.45) is 2.95. The number of benzene rings is 2. The van der Waals surface area contributed by atoms with Crippen LogP contribution in [0.25, 0.3) is 16.3 Å². The Morgan fingerprint density at radius 3 is 2.85 bits per heavy atom. The number of carbonyl (C=O) groups excluding carboxylic acids is 1. The van der Waals surface area contributed by atoms with E-state index in [1.54, 1.807) is 18.2 Å². The number of nitrogens with zero attached hydrogens (tertiary/aromatic N) is 1. The fourth-order valence-corrected chi connectivity index (χ4v) is 4.24. The van der Waals surface area contributed by atoms with E-state index in [0.717, 1.165) is 17.6 Å². The van der Waals surface area contributed by atoms with Crippen LogP contribution < -0.4 is 10.1 Å². The van der Waals surface area contributed by atoms with Gasteiger partial charge in [0.2, 0.25) is 0 Å². The number of hydrogen-bond acceptors (Lipinski definition) is 6. The number of thiazole rings is 1. The molecule has 0 bridgehead atoms. The number of anilines is 1. The van der Waals surface area contributed by atoms with Crippen molar-refractivity contribution in [3.63, 3.8) is 0 Å². The molecule has 1 aliphatic heterocycles. The highest BCUT2D eigenvalue weighted by atomic mass is 32.2. The highest BCUT2D eigenvalue weighted by Gasteiger charge is 2.18. The SMILES string of the molecule is CS(=O)(=O)c1ccc2nc(NC(=O)C3=Cc4ccccc4OC3)sc2c1. The summed E-state index contributed by atoms with van der Waals surface area (Å²) in [5, 5.41) is 3.17. The van der Waals surface area contributed by atoms with E-state index < -0.39 is 9.84 Å². The van der Waals surface area contributed by atoms with Crippen molar-refractivity contribution in [1.82, 2.24) is 4.98 Å². The molecule has 0 spiro atoms. The summed E-state index contributed by atoms with van der Waals surface area (Å²) in [4.78, 5) is 17.1. The molecule has 4 rings (SSSR count). The molecule has 6 nitrogen and oxygen atoms in total. The third-order valence-electron chi connectivity index (χ3n) is 3.93. The van der Waals surface area contributed by atoms with Crippen molar-refractivity contribution in [2.75, 3.05) is 18.2 Å². The van der Waals surface area contributed by atoms with Crippen molar-refractivity contribution in [2.45, 2.75) is 4.90 Å². The van der Waals surface area contributed by atoms with Crippen LogP contribution in [0.5, 0.6) is 5.75 Å². The molecule has 0 atom stereocenters. The van der Waals surface area contributed by atoms with E-state index in [1.165, 1.54) is 17.4 Å². The van der Waals surface area contributed by atoms with Crippen molar-refractivity contribution in [3.05, 3.63) is 53.6 Å². The Bertz CT molecular complexity index is 1160. The number of hydrogen-bond donors (Lipinski definition) is 1. The molecule has 1 aliphatic rings. The molecule has 3 aromatic rings. The van der Waals surface area contributed by atoms with Gasteiger partial charge in [0.15, 0.2) is 15.0 Å². The van der Waals surface area contributed by atoms with Crippen molar-refractivity contribution in [3.8, 4) is 5.75 Å². The standard InChI is InChI=1S/C18H14N2O4S2/c1-26(22,23)13-6-7-14-16(9-13)25-18(19-14)20-17(21)12-8-11-4-2-3-5-15(11)24-10-12/h2-9H,10H2,1H3,(H,19,20,21). The van der Waals surface area contributed by atoms with Crippen LogP contribution >= 0.6 is 11.3 Å². The molecule has 1 aromatic heterocycles. The minimum Gasteiger partial charge on any atom is -0.488 e. The molecule has 1 amide bonds. The highest BCUT2D eigenvalue weighted by Crippen LogP contribution is 2.30. The second-order valence-corrected chi connectivity index (χ2v) is 8.92. The predicted molar refractivity (Wildman–Crippen MR) is 101 cm³/mol. The minimum atomic E-state index is -3.29. The Morgan fingerprint density at radius 1 is 1.23 bits per heavy atom. The summed E-state index contributed by atoms with van der Waals surface area (Å²) in [6, 6.07) is 12.2. The monoisotopic (exact) mass is 386 g/mol. The van der Waals surface area contributed by atoms with Gasteiger partial charge in [-0.25, -0.2) is 13.4 Å². The van der Waals surface area contributed by atoms with Gasteiger partial charge in [-0.15, -0.1) is 0 Å². The highest BCUT2D eigenvalue weighted by molar-refractivity contribution is 7.90. The molecule has 2 aromatic carbocycles. The van der Waals surface area contributed by atoms with Gasteiger partial charge < -0.3 is 4.74 Å². The zero-order chi connectivity index (χ0) is 18.3. The maximum atomic E-state index is 12.5. The number of fused-ring (bicyclic) bond motifs is 2. The molecule has 2 heterocycles. The van der Waals surface area contributed by atoms with Crippen molar-refractivity contribution >= 4 is 48.5 Å². The third kappa shape index (κ3) is 3.21. The molecule has 0 unspecified atom stereocenters. The Balaban J connectivity index is 1.59. The average Bonchev–Trinajstić information content (AvgIpc) is 3.01. The van der Waals surface area contributed by atoms with Crippen LogP contribution in [0.1, 0.15) is 5.56 Å².